The number of carbonyl (C=O) groups excluding carboxylic acids is 2. The van der Waals surface area contributed by atoms with Crippen LogP contribution < -0.4 is 0 Å². The van der Waals surface area contributed by atoms with Crippen LogP contribution in [0.2, 0.25) is 0 Å². The Labute approximate surface area is 123 Å². The van der Waals surface area contributed by atoms with Gasteiger partial charge in [-0.25, -0.2) is 9.22 Å². The van der Waals surface area contributed by atoms with Crippen LogP contribution in [0.25, 0.3) is 5.57 Å². The SMILES string of the molecule is COC(=O)C=C1CC(c2ccccc2)=[O+]c2ccccc21. The Morgan fingerprint density at radius 1 is 1.10 bits per heavy atom. The van der Waals surface area contributed by atoms with Crippen LogP contribution >= 0.6 is 0 Å². The number of carbonyl (C=O) groups is 1. The van der Waals surface area contributed by atoms with Gasteiger partial charge in [0.15, 0.2) is 0 Å². The van der Waals surface area contributed by atoms with Gasteiger partial charge < -0.3 is 4.74 Å². The predicted octanol–water partition coefficient (Wildman–Crippen LogP) is 3.78. The maximum Gasteiger partial charge on any atom is 0.360 e. The van der Waals surface area contributed by atoms with Gasteiger partial charge in [-0.15, -0.1) is 0 Å². The van der Waals surface area contributed by atoms with Crippen LogP contribution in [0.5, 0.6) is 5.75 Å². The molecule has 3 rings (SSSR count). The van der Waals surface area contributed by atoms with Crippen molar-refractivity contribution in [2.24, 2.45) is 0 Å². The summed E-state index contributed by atoms with van der Waals surface area (Å²) in [6.45, 7) is 0. The predicted molar refractivity (Wildman–Crippen MR) is 81.3 cm³/mol. The number of hydrogen-bond donors (Lipinski definition) is 0. The van der Waals surface area contributed by atoms with Gasteiger partial charge in [-0.1, -0.05) is 30.3 Å². The van der Waals surface area contributed by atoms with Crippen LogP contribution in [0.15, 0.2) is 60.7 Å². The summed E-state index contributed by atoms with van der Waals surface area (Å²) in [5, 5.41) is 0. The van der Waals surface area contributed by atoms with E-state index in [4.69, 9.17) is 9.16 Å². The molecule has 1 aliphatic heterocycles. The van der Waals surface area contributed by atoms with Crippen LogP contribution in [-0.4, -0.2) is 18.9 Å². The lowest BCUT2D eigenvalue weighted by Gasteiger charge is -2.09. The minimum Gasteiger partial charge on any atom is -0.466 e. The van der Waals surface area contributed by atoms with Crippen LogP contribution in [-0.2, 0) is 9.53 Å². The molecule has 0 aliphatic carbocycles. The van der Waals surface area contributed by atoms with Gasteiger partial charge in [-0.3, -0.25) is 0 Å². The van der Waals surface area contributed by atoms with E-state index in [9.17, 15) is 4.79 Å². The Bertz CT molecular complexity index is 727. The molecule has 3 heteroatoms. The van der Waals surface area contributed by atoms with Crippen LogP contribution in [0, 0.1) is 0 Å². The Kier molecular flexibility index (Phi) is 3.65. The van der Waals surface area contributed by atoms with Crippen molar-refractivity contribution in [3.8, 4) is 5.75 Å². The van der Waals surface area contributed by atoms with E-state index in [0.29, 0.717) is 6.42 Å². The van der Waals surface area contributed by atoms with Gasteiger partial charge in [0.25, 0.3) is 0 Å². The largest absolute Gasteiger partial charge is 0.466 e. The zero-order valence-electron chi connectivity index (χ0n) is 11.7. The fraction of sp³-hybridized carbons (Fsp3) is 0.111. The summed E-state index contributed by atoms with van der Waals surface area (Å²) < 4.78 is 10.7. The summed E-state index contributed by atoms with van der Waals surface area (Å²) in [5.41, 5.74) is 2.85. The number of benzene rings is 2. The monoisotopic (exact) mass is 279 g/mol. The Balaban J connectivity index is 2.09. The quantitative estimate of drug-likeness (QED) is 0.476. The van der Waals surface area contributed by atoms with Crippen molar-refractivity contribution < 1.29 is 14.0 Å². The van der Waals surface area contributed by atoms with E-state index >= 15 is 0 Å². The zero-order valence-corrected chi connectivity index (χ0v) is 11.7. The van der Waals surface area contributed by atoms with Crippen molar-refractivity contribution in [3.63, 3.8) is 0 Å². The number of methoxy groups -OCH3 is 1. The van der Waals surface area contributed by atoms with E-state index in [0.717, 1.165) is 28.2 Å². The summed E-state index contributed by atoms with van der Waals surface area (Å²) in [7, 11) is 1.38. The molecule has 104 valence electrons. The molecule has 0 amide bonds. The van der Waals surface area contributed by atoms with Gasteiger partial charge >= 0.3 is 17.5 Å². The zero-order chi connectivity index (χ0) is 14.7. The number of allylic oxidation sites excluding steroid dienone is 1. The second-order valence-electron chi connectivity index (χ2n) is 4.76. The minimum atomic E-state index is -0.353. The lowest BCUT2D eigenvalue weighted by Crippen LogP contribution is -2.08. The van der Waals surface area contributed by atoms with E-state index in [1.807, 2.05) is 54.6 Å². The first-order valence-electron chi connectivity index (χ1n) is 6.75. The molecular formula is C18H15O3+. The molecule has 3 nitrogen and oxygen atoms in total. The highest BCUT2D eigenvalue weighted by molar-refractivity contribution is 6.07. The normalized spacial score (nSPS) is 15.3. The smallest absolute Gasteiger partial charge is 0.360 e. The van der Waals surface area contributed by atoms with Crippen molar-refractivity contribution in [2.75, 3.05) is 7.11 Å². The molecule has 0 bridgehead atoms. The number of fused-ring (bicyclic) bond motifs is 1. The highest BCUT2D eigenvalue weighted by atomic mass is 16.5. The number of ether oxygens (including phenoxy) is 1. The highest BCUT2D eigenvalue weighted by Gasteiger charge is 2.29. The Morgan fingerprint density at radius 2 is 1.81 bits per heavy atom. The first kappa shape index (κ1) is 13.3. The maximum absolute atomic E-state index is 11.6. The lowest BCUT2D eigenvalue weighted by atomic mass is 9.94. The average Bonchev–Trinajstić information content (AvgIpc) is 2.55. The maximum atomic E-state index is 11.6. The van der Waals surface area contributed by atoms with E-state index in [1.165, 1.54) is 13.2 Å². The summed E-state index contributed by atoms with van der Waals surface area (Å²) >= 11 is 0. The van der Waals surface area contributed by atoms with E-state index in [-0.39, 0.29) is 5.97 Å². The molecule has 0 saturated heterocycles. The standard InChI is InChI=1S/C18H15O3/c1-20-18(19)12-14-11-17(13-7-3-2-4-8-13)21-16-10-6-5-9-15(14)16/h2-10,12H,11H2,1H3/q+1. The number of ketones is 1. The average molecular weight is 279 g/mol. The summed E-state index contributed by atoms with van der Waals surface area (Å²) in [6.07, 6.45) is 2.10. The van der Waals surface area contributed by atoms with Crippen molar-refractivity contribution in [1.29, 1.82) is 0 Å². The molecule has 1 heterocycles. The van der Waals surface area contributed by atoms with Gasteiger partial charge in [0.05, 0.1) is 24.7 Å². The first-order chi connectivity index (χ1) is 10.3. The van der Waals surface area contributed by atoms with Crippen LogP contribution in [0.4, 0.5) is 0 Å². The Morgan fingerprint density at radius 3 is 2.57 bits per heavy atom. The molecule has 2 aromatic carbocycles. The van der Waals surface area contributed by atoms with Gasteiger partial charge in [0, 0.05) is 12.1 Å². The van der Waals surface area contributed by atoms with Crippen LogP contribution in [0.1, 0.15) is 22.0 Å². The summed E-state index contributed by atoms with van der Waals surface area (Å²) in [4.78, 5) is 11.6. The van der Waals surface area contributed by atoms with Crippen molar-refractivity contribution in [2.45, 2.75) is 6.42 Å². The minimum absolute atomic E-state index is 0.353. The molecule has 0 aromatic heterocycles. The summed E-state index contributed by atoms with van der Waals surface area (Å²) in [5.74, 6) is 1.25. The van der Waals surface area contributed by atoms with E-state index in [2.05, 4.69) is 0 Å². The molecule has 1 aliphatic rings. The van der Waals surface area contributed by atoms with Gasteiger partial charge in [-0.05, 0) is 23.8 Å². The van der Waals surface area contributed by atoms with Crippen LogP contribution in [0.3, 0.4) is 0 Å². The third kappa shape index (κ3) is 2.77. The molecular weight excluding hydrogens is 264 g/mol. The molecule has 0 radical (unpaired) electrons. The second kappa shape index (κ2) is 5.75. The third-order valence-electron chi connectivity index (χ3n) is 3.41. The fourth-order valence-electron chi connectivity index (χ4n) is 2.37. The lowest BCUT2D eigenvalue weighted by molar-refractivity contribution is -0.169. The first-order valence-corrected chi connectivity index (χ1v) is 6.75. The van der Waals surface area contributed by atoms with Crippen molar-refractivity contribution in [1.82, 2.24) is 0 Å². The van der Waals surface area contributed by atoms with Crippen molar-refractivity contribution in [3.05, 3.63) is 71.8 Å². The third-order valence-corrected chi connectivity index (χ3v) is 3.41. The topological polar surface area (TPSA) is 37.6 Å². The fourth-order valence-corrected chi connectivity index (χ4v) is 2.37. The summed E-state index contributed by atoms with van der Waals surface area (Å²) in [6, 6.07) is 17.6. The van der Waals surface area contributed by atoms with Gasteiger partial charge in [0.2, 0.25) is 0 Å². The van der Waals surface area contributed by atoms with E-state index < -0.39 is 0 Å². The Hall–Kier alpha value is -2.68. The molecule has 0 fully saturated rings. The van der Waals surface area contributed by atoms with Gasteiger partial charge in [-0.2, -0.15) is 0 Å². The molecule has 0 spiro atoms. The molecule has 0 N–H and O–H groups in total. The molecule has 21 heavy (non-hydrogen) atoms. The van der Waals surface area contributed by atoms with Crippen molar-refractivity contribution >= 4 is 17.3 Å². The number of rotatable bonds is 2. The number of para-hydroxylation sites is 1. The molecule has 0 unspecified atom stereocenters. The number of esters is 1. The van der Waals surface area contributed by atoms with Gasteiger partial charge in [0.1, 0.15) is 0 Å². The molecule has 2 aromatic rings. The number of hydrogen-bond acceptors (Lipinski definition) is 2. The van der Waals surface area contributed by atoms with E-state index in [1.54, 1.807) is 0 Å². The highest BCUT2D eigenvalue weighted by Crippen LogP contribution is 2.36. The molecule has 0 atom stereocenters. The molecule has 0 saturated carbocycles. The second-order valence-corrected chi connectivity index (χ2v) is 4.76.